The van der Waals surface area contributed by atoms with Gasteiger partial charge in [-0.3, -0.25) is 4.79 Å². The van der Waals surface area contributed by atoms with Gasteiger partial charge in [0.05, 0.1) is 11.9 Å². The molecular formula is C15H19N3OS. The maximum absolute atomic E-state index is 11.7. The highest BCUT2D eigenvalue weighted by Crippen LogP contribution is 2.24. The minimum absolute atomic E-state index is 0.0563. The summed E-state index contributed by atoms with van der Waals surface area (Å²) >= 11 is 1.44. The Hall–Kier alpha value is -1.62. The van der Waals surface area contributed by atoms with Crippen LogP contribution in [0.1, 0.15) is 26.2 Å². The van der Waals surface area contributed by atoms with Gasteiger partial charge in [0.1, 0.15) is 5.03 Å². The molecule has 1 amide bonds. The fourth-order valence-electron chi connectivity index (χ4n) is 1.90. The number of amides is 1. The summed E-state index contributed by atoms with van der Waals surface area (Å²) in [6.07, 6.45) is 5.10. The Balaban J connectivity index is 1.88. The number of unbranched alkanes of at least 4 members (excludes halogenated alkanes) is 2. The van der Waals surface area contributed by atoms with Crippen LogP contribution in [0.2, 0.25) is 0 Å². The molecule has 1 aromatic heterocycles. The lowest BCUT2D eigenvalue weighted by Gasteiger charge is -2.05. The maximum Gasteiger partial charge on any atom is 0.230 e. The van der Waals surface area contributed by atoms with Gasteiger partial charge in [0.15, 0.2) is 0 Å². The molecule has 4 nitrogen and oxygen atoms in total. The zero-order valence-corrected chi connectivity index (χ0v) is 12.4. The van der Waals surface area contributed by atoms with Crippen molar-refractivity contribution >= 4 is 28.4 Å². The normalized spacial score (nSPS) is 10.7. The topological polar surface area (TPSA) is 54.9 Å². The molecule has 1 heterocycles. The van der Waals surface area contributed by atoms with Crippen molar-refractivity contribution in [2.24, 2.45) is 0 Å². The average Bonchev–Trinajstić information content (AvgIpc) is 2.49. The third-order valence-corrected chi connectivity index (χ3v) is 3.96. The van der Waals surface area contributed by atoms with Crippen molar-refractivity contribution in [1.29, 1.82) is 0 Å². The molecule has 0 fully saturated rings. The number of hydrogen-bond donors (Lipinski definition) is 1. The van der Waals surface area contributed by atoms with Gasteiger partial charge in [-0.05, 0) is 6.42 Å². The zero-order valence-electron chi connectivity index (χ0n) is 11.6. The second kappa shape index (κ2) is 7.85. The van der Waals surface area contributed by atoms with Crippen LogP contribution in [0.25, 0.3) is 10.8 Å². The summed E-state index contributed by atoms with van der Waals surface area (Å²) in [7, 11) is 0. The first-order chi connectivity index (χ1) is 9.81. The average molecular weight is 289 g/mol. The van der Waals surface area contributed by atoms with Gasteiger partial charge in [-0.15, -0.1) is 5.10 Å². The smallest absolute Gasteiger partial charge is 0.230 e. The van der Waals surface area contributed by atoms with Crippen molar-refractivity contribution in [2.45, 2.75) is 31.2 Å². The highest BCUT2D eigenvalue weighted by atomic mass is 32.2. The summed E-state index contributed by atoms with van der Waals surface area (Å²) < 4.78 is 0. The molecule has 0 radical (unpaired) electrons. The minimum atomic E-state index is 0.0563. The largest absolute Gasteiger partial charge is 0.355 e. The molecule has 0 bridgehead atoms. The Kier molecular flexibility index (Phi) is 5.80. The van der Waals surface area contributed by atoms with Gasteiger partial charge < -0.3 is 5.32 Å². The molecule has 0 saturated carbocycles. The molecule has 2 aromatic rings. The van der Waals surface area contributed by atoms with E-state index in [1.54, 1.807) is 6.20 Å². The van der Waals surface area contributed by atoms with Crippen LogP contribution in [0.15, 0.2) is 35.5 Å². The second-order valence-corrected chi connectivity index (χ2v) is 5.55. The summed E-state index contributed by atoms with van der Waals surface area (Å²) in [5.74, 6) is 0.440. The number of thioether (sulfide) groups is 1. The first kappa shape index (κ1) is 14.8. The van der Waals surface area contributed by atoms with E-state index in [0.717, 1.165) is 41.6 Å². The van der Waals surface area contributed by atoms with E-state index in [4.69, 9.17) is 0 Å². The van der Waals surface area contributed by atoms with E-state index in [1.165, 1.54) is 11.8 Å². The van der Waals surface area contributed by atoms with Gasteiger partial charge in [0, 0.05) is 17.3 Å². The number of carbonyl (C=O) groups excluding carboxylic acids is 1. The van der Waals surface area contributed by atoms with E-state index in [0.29, 0.717) is 5.75 Å². The predicted molar refractivity (Wildman–Crippen MR) is 82.8 cm³/mol. The van der Waals surface area contributed by atoms with Crippen LogP contribution in [0, 0.1) is 0 Å². The van der Waals surface area contributed by atoms with Crippen molar-refractivity contribution in [2.75, 3.05) is 12.3 Å². The molecule has 1 aromatic carbocycles. The number of aromatic nitrogens is 2. The number of carbonyl (C=O) groups is 1. The van der Waals surface area contributed by atoms with E-state index in [1.807, 2.05) is 24.3 Å². The van der Waals surface area contributed by atoms with Crippen LogP contribution in [-0.2, 0) is 4.79 Å². The fraction of sp³-hybridized carbons (Fsp3) is 0.400. The van der Waals surface area contributed by atoms with Crippen LogP contribution in [-0.4, -0.2) is 28.4 Å². The highest BCUT2D eigenvalue weighted by molar-refractivity contribution is 8.00. The van der Waals surface area contributed by atoms with Crippen molar-refractivity contribution in [3.63, 3.8) is 0 Å². The van der Waals surface area contributed by atoms with E-state index in [9.17, 15) is 4.79 Å². The standard InChI is InChI=1S/C15H19N3OS/c1-2-3-6-9-16-14(19)11-20-15-13-8-5-4-7-12(13)10-17-18-15/h4-5,7-8,10H,2-3,6,9,11H2,1H3,(H,16,19). The first-order valence-electron chi connectivity index (χ1n) is 6.91. The molecule has 0 unspecified atom stereocenters. The van der Waals surface area contributed by atoms with Crippen LogP contribution in [0.3, 0.4) is 0 Å². The quantitative estimate of drug-likeness (QED) is 0.629. The molecule has 0 spiro atoms. The molecule has 5 heteroatoms. The van der Waals surface area contributed by atoms with Crippen LogP contribution in [0.5, 0.6) is 0 Å². The van der Waals surface area contributed by atoms with Gasteiger partial charge in [-0.2, -0.15) is 5.10 Å². The Morgan fingerprint density at radius 1 is 1.30 bits per heavy atom. The number of benzene rings is 1. The number of hydrogen-bond acceptors (Lipinski definition) is 4. The molecule has 0 aliphatic heterocycles. The molecule has 0 saturated heterocycles. The third kappa shape index (κ3) is 4.20. The molecule has 0 atom stereocenters. The number of rotatable bonds is 7. The summed E-state index contributed by atoms with van der Waals surface area (Å²) in [5, 5.41) is 13.9. The Bertz CT molecular complexity index is 569. The Morgan fingerprint density at radius 2 is 2.15 bits per heavy atom. The zero-order chi connectivity index (χ0) is 14.2. The van der Waals surface area contributed by atoms with Crippen LogP contribution in [0.4, 0.5) is 0 Å². The SMILES string of the molecule is CCCCCNC(=O)CSc1nncc2ccccc12. The molecule has 0 aliphatic rings. The summed E-state index contributed by atoms with van der Waals surface area (Å²) in [4.78, 5) is 11.7. The monoisotopic (exact) mass is 289 g/mol. The number of nitrogens with zero attached hydrogens (tertiary/aromatic N) is 2. The summed E-state index contributed by atoms with van der Waals surface area (Å²) in [5.41, 5.74) is 0. The van der Waals surface area contributed by atoms with E-state index in [2.05, 4.69) is 22.4 Å². The van der Waals surface area contributed by atoms with E-state index < -0.39 is 0 Å². The summed E-state index contributed by atoms with van der Waals surface area (Å²) in [6, 6.07) is 7.95. The molecule has 20 heavy (non-hydrogen) atoms. The minimum Gasteiger partial charge on any atom is -0.355 e. The van der Waals surface area contributed by atoms with E-state index >= 15 is 0 Å². The number of fused-ring (bicyclic) bond motifs is 1. The third-order valence-electron chi connectivity index (χ3n) is 2.98. The first-order valence-corrected chi connectivity index (χ1v) is 7.89. The molecule has 2 rings (SSSR count). The van der Waals surface area contributed by atoms with Crippen LogP contribution >= 0.6 is 11.8 Å². The van der Waals surface area contributed by atoms with Crippen LogP contribution < -0.4 is 5.32 Å². The summed E-state index contributed by atoms with van der Waals surface area (Å²) in [6.45, 7) is 2.91. The van der Waals surface area contributed by atoms with Gasteiger partial charge in [-0.25, -0.2) is 0 Å². The molecule has 106 valence electrons. The Labute approximate surface area is 123 Å². The predicted octanol–water partition coefficient (Wildman–Crippen LogP) is 3.03. The maximum atomic E-state index is 11.7. The molecule has 1 N–H and O–H groups in total. The lowest BCUT2D eigenvalue weighted by molar-refractivity contribution is -0.118. The fourth-order valence-corrected chi connectivity index (χ4v) is 2.71. The van der Waals surface area contributed by atoms with Gasteiger partial charge >= 0.3 is 0 Å². The van der Waals surface area contributed by atoms with Crippen molar-refractivity contribution in [3.8, 4) is 0 Å². The highest BCUT2D eigenvalue weighted by Gasteiger charge is 2.07. The van der Waals surface area contributed by atoms with Crippen molar-refractivity contribution < 1.29 is 4.79 Å². The second-order valence-electron chi connectivity index (χ2n) is 4.58. The lowest BCUT2D eigenvalue weighted by atomic mass is 10.2. The van der Waals surface area contributed by atoms with Crippen molar-refractivity contribution in [3.05, 3.63) is 30.5 Å². The van der Waals surface area contributed by atoms with Crippen molar-refractivity contribution in [1.82, 2.24) is 15.5 Å². The lowest BCUT2D eigenvalue weighted by Crippen LogP contribution is -2.26. The van der Waals surface area contributed by atoms with Gasteiger partial charge in [0.25, 0.3) is 0 Å². The molecular weight excluding hydrogens is 270 g/mol. The van der Waals surface area contributed by atoms with E-state index in [-0.39, 0.29) is 5.91 Å². The van der Waals surface area contributed by atoms with Gasteiger partial charge in [-0.1, -0.05) is 55.8 Å². The Morgan fingerprint density at radius 3 is 3.00 bits per heavy atom. The van der Waals surface area contributed by atoms with Gasteiger partial charge in [0.2, 0.25) is 5.91 Å². The number of nitrogens with one attached hydrogen (secondary N) is 1. The molecule has 0 aliphatic carbocycles.